The van der Waals surface area contributed by atoms with Crippen molar-refractivity contribution < 1.29 is 37.5 Å². The molecule has 0 spiro atoms. The number of hydrogen-bond donors (Lipinski definition) is 2. The van der Waals surface area contributed by atoms with E-state index in [9.17, 15) is 27.6 Å². The van der Waals surface area contributed by atoms with Gasteiger partial charge in [0.25, 0.3) is 5.91 Å². The first-order valence-corrected chi connectivity index (χ1v) is 11.2. The summed E-state index contributed by atoms with van der Waals surface area (Å²) in [5.74, 6) is -3.61. The molecule has 4 heterocycles. The van der Waals surface area contributed by atoms with Gasteiger partial charge in [-0.1, -0.05) is 5.21 Å². The number of aliphatic carboxylic acids is 1. The highest BCUT2D eigenvalue weighted by Crippen LogP contribution is 2.29. The molecule has 192 valence electrons. The van der Waals surface area contributed by atoms with Gasteiger partial charge in [-0.25, -0.2) is 9.48 Å². The Balaban J connectivity index is 0.000000384. The number of alkyl halides is 3. The molecule has 14 heteroatoms. The highest BCUT2D eigenvalue weighted by molar-refractivity contribution is 6.05. The number of carboxylic acid groups (broad SMARTS) is 1. The Kier molecular flexibility index (Phi) is 7.06. The largest absolute Gasteiger partial charge is 0.490 e. The van der Waals surface area contributed by atoms with Gasteiger partial charge in [-0.2, -0.15) is 13.2 Å². The molecule has 0 radical (unpaired) electrons. The fourth-order valence-electron chi connectivity index (χ4n) is 4.37. The van der Waals surface area contributed by atoms with E-state index in [1.165, 1.54) is 12.8 Å². The number of aromatic nitrogens is 3. The number of halogens is 3. The molecule has 1 aromatic carbocycles. The molecule has 1 atom stereocenters. The summed E-state index contributed by atoms with van der Waals surface area (Å²) in [4.78, 5) is 49.2. The SMILES string of the molecule is O=C(O)C(F)(F)F.O=C1CCC(N2Cc3cc(-n4cc(CN5CCCC5)nn4)ccc3C2=O)C(=O)N1. The first-order valence-electron chi connectivity index (χ1n) is 11.2. The Morgan fingerprint density at radius 3 is 2.50 bits per heavy atom. The fraction of sp³-hybridized carbons (Fsp3) is 0.455. The molecule has 2 N–H and O–H groups in total. The van der Waals surface area contributed by atoms with Gasteiger partial charge in [-0.05, 0) is 56.1 Å². The number of carbonyl (C=O) groups excluding carboxylic acids is 3. The van der Waals surface area contributed by atoms with E-state index in [1.807, 2.05) is 18.3 Å². The Morgan fingerprint density at radius 2 is 1.86 bits per heavy atom. The van der Waals surface area contributed by atoms with Crippen molar-refractivity contribution >= 4 is 23.7 Å². The maximum Gasteiger partial charge on any atom is 0.490 e. The van der Waals surface area contributed by atoms with Crippen LogP contribution < -0.4 is 5.32 Å². The van der Waals surface area contributed by atoms with Gasteiger partial charge in [0.1, 0.15) is 6.04 Å². The number of hydrogen-bond acceptors (Lipinski definition) is 7. The lowest BCUT2D eigenvalue weighted by atomic mass is 10.0. The lowest BCUT2D eigenvalue weighted by Crippen LogP contribution is -2.52. The van der Waals surface area contributed by atoms with Crippen LogP contribution in [0.3, 0.4) is 0 Å². The fourth-order valence-corrected chi connectivity index (χ4v) is 4.37. The van der Waals surface area contributed by atoms with Crippen LogP contribution in [-0.4, -0.2) is 78.9 Å². The highest BCUT2D eigenvalue weighted by Gasteiger charge is 2.39. The number of piperidine rings is 1. The van der Waals surface area contributed by atoms with Gasteiger partial charge in [-0.15, -0.1) is 5.10 Å². The number of carbonyl (C=O) groups is 4. The van der Waals surface area contributed by atoms with Crippen molar-refractivity contribution in [2.45, 2.75) is 51.0 Å². The second-order valence-corrected chi connectivity index (χ2v) is 8.68. The summed E-state index contributed by atoms with van der Waals surface area (Å²) in [5.41, 5.74) is 3.21. The molecule has 3 aliphatic rings. The summed E-state index contributed by atoms with van der Waals surface area (Å²) >= 11 is 0. The molecular formula is C22H23F3N6O5. The molecule has 2 aromatic rings. The first kappa shape index (κ1) is 25.3. The predicted molar refractivity (Wildman–Crippen MR) is 116 cm³/mol. The summed E-state index contributed by atoms with van der Waals surface area (Å²) in [6.07, 6.45) is -0.0805. The standard InChI is InChI=1S/C20H22N6O3.C2HF3O2/c27-18-6-5-17(19(28)21-18)25-10-13-9-15(3-4-16(13)20(25)29)26-12-14(22-23-26)11-24-7-1-2-8-24;3-2(4,5)1(6)7/h3-4,9,12,17H,1-2,5-8,10-11H2,(H,21,27,28);(H,6,7). The van der Waals surface area contributed by atoms with Gasteiger partial charge in [-0.3, -0.25) is 24.6 Å². The van der Waals surface area contributed by atoms with Crippen LogP contribution in [0.15, 0.2) is 24.4 Å². The molecule has 0 aliphatic carbocycles. The van der Waals surface area contributed by atoms with Crippen molar-refractivity contribution in [2.24, 2.45) is 0 Å². The summed E-state index contributed by atoms with van der Waals surface area (Å²) in [6, 6.07) is 4.95. The number of carboxylic acids is 1. The van der Waals surface area contributed by atoms with E-state index < -0.39 is 24.1 Å². The zero-order valence-electron chi connectivity index (χ0n) is 19.0. The molecule has 36 heavy (non-hydrogen) atoms. The minimum absolute atomic E-state index is 0.172. The molecule has 0 bridgehead atoms. The van der Waals surface area contributed by atoms with Crippen molar-refractivity contribution in [2.75, 3.05) is 13.1 Å². The third-order valence-electron chi connectivity index (χ3n) is 6.14. The average Bonchev–Trinajstić information content (AvgIpc) is 3.55. The van der Waals surface area contributed by atoms with Gasteiger partial charge in [0.15, 0.2) is 0 Å². The van der Waals surface area contributed by atoms with E-state index in [0.29, 0.717) is 18.5 Å². The summed E-state index contributed by atoms with van der Waals surface area (Å²) in [7, 11) is 0. The maximum absolute atomic E-state index is 12.8. The zero-order chi connectivity index (χ0) is 26.0. The highest BCUT2D eigenvalue weighted by atomic mass is 19.4. The van der Waals surface area contributed by atoms with Crippen molar-refractivity contribution in [3.8, 4) is 5.69 Å². The number of fused-ring (bicyclic) bond motifs is 1. The Labute approximate surface area is 202 Å². The van der Waals surface area contributed by atoms with Gasteiger partial charge in [0.2, 0.25) is 11.8 Å². The van der Waals surface area contributed by atoms with E-state index in [-0.39, 0.29) is 18.2 Å². The molecule has 2 saturated heterocycles. The quantitative estimate of drug-likeness (QED) is 0.589. The number of likely N-dealkylation sites (tertiary alicyclic amines) is 1. The van der Waals surface area contributed by atoms with E-state index in [4.69, 9.17) is 9.90 Å². The maximum atomic E-state index is 12.8. The zero-order valence-corrected chi connectivity index (χ0v) is 19.0. The normalized spacial score (nSPS) is 20.1. The molecule has 2 fully saturated rings. The molecule has 3 amide bonds. The number of amides is 3. The third kappa shape index (κ3) is 5.53. The van der Waals surface area contributed by atoms with Crippen LogP contribution in [-0.2, 0) is 27.5 Å². The van der Waals surface area contributed by atoms with E-state index in [1.54, 1.807) is 15.6 Å². The van der Waals surface area contributed by atoms with E-state index in [0.717, 1.165) is 36.6 Å². The second-order valence-electron chi connectivity index (χ2n) is 8.68. The average molecular weight is 508 g/mol. The molecule has 0 saturated carbocycles. The van der Waals surface area contributed by atoms with Gasteiger partial charge < -0.3 is 10.0 Å². The smallest absolute Gasteiger partial charge is 0.475 e. The molecule has 1 aromatic heterocycles. The van der Waals surface area contributed by atoms with Crippen LogP contribution in [0.2, 0.25) is 0 Å². The summed E-state index contributed by atoms with van der Waals surface area (Å²) in [6.45, 7) is 3.35. The summed E-state index contributed by atoms with van der Waals surface area (Å²) < 4.78 is 33.5. The van der Waals surface area contributed by atoms with Crippen LogP contribution in [0.25, 0.3) is 5.69 Å². The number of imide groups is 1. The number of benzene rings is 1. The minimum atomic E-state index is -5.08. The monoisotopic (exact) mass is 508 g/mol. The van der Waals surface area contributed by atoms with Crippen molar-refractivity contribution in [1.29, 1.82) is 0 Å². The van der Waals surface area contributed by atoms with Crippen LogP contribution >= 0.6 is 0 Å². The van der Waals surface area contributed by atoms with Crippen LogP contribution in [0, 0.1) is 0 Å². The minimum Gasteiger partial charge on any atom is -0.475 e. The van der Waals surface area contributed by atoms with E-state index in [2.05, 4.69) is 20.5 Å². The number of nitrogens with one attached hydrogen (secondary N) is 1. The Morgan fingerprint density at radius 1 is 1.17 bits per heavy atom. The topological polar surface area (TPSA) is 138 Å². The van der Waals surface area contributed by atoms with Crippen LogP contribution in [0.1, 0.15) is 47.3 Å². The molecule has 3 aliphatic heterocycles. The van der Waals surface area contributed by atoms with Crippen LogP contribution in [0.4, 0.5) is 13.2 Å². The molecule has 11 nitrogen and oxygen atoms in total. The molecule has 1 unspecified atom stereocenters. The Hall–Kier alpha value is -3.81. The lowest BCUT2D eigenvalue weighted by Gasteiger charge is -2.29. The molecular weight excluding hydrogens is 485 g/mol. The van der Waals surface area contributed by atoms with Gasteiger partial charge in [0.05, 0.1) is 17.6 Å². The van der Waals surface area contributed by atoms with E-state index >= 15 is 0 Å². The second kappa shape index (κ2) is 10.0. The third-order valence-corrected chi connectivity index (χ3v) is 6.14. The Bertz CT molecular complexity index is 1190. The lowest BCUT2D eigenvalue weighted by molar-refractivity contribution is -0.192. The predicted octanol–water partition coefficient (Wildman–Crippen LogP) is 1.26. The number of nitrogens with zero attached hydrogens (tertiary/aromatic N) is 5. The summed E-state index contributed by atoms with van der Waals surface area (Å²) in [5, 5.41) is 18.0. The first-order chi connectivity index (χ1) is 17.0. The van der Waals surface area contributed by atoms with Crippen molar-refractivity contribution in [1.82, 2.24) is 30.1 Å². The van der Waals surface area contributed by atoms with Gasteiger partial charge in [0, 0.05) is 25.1 Å². The number of rotatable bonds is 4. The van der Waals surface area contributed by atoms with Crippen molar-refractivity contribution in [3.63, 3.8) is 0 Å². The molecule has 5 rings (SSSR count). The van der Waals surface area contributed by atoms with Crippen LogP contribution in [0.5, 0.6) is 0 Å². The van der Waals surface area contributed by atoms with Crippen molar-refractivity contribution in [3.05, 3.63) is 41.2 Å². The van der Waals surface area contributed by atoms with Gasteiger partial charge >= 0.3 is 12.1 Å².